The van der Waals surface area contributed by atoms with Crippen LogP contribution in [-0.2, 0) is 9.53 Å². The van der Waals surface area contributed by atoms with E-state index in [2.05, 4.69) is 32.5 Å². The van der Waals surface area contributed by atoms with Crippen molar-refractivity contribution in [3.05, 3.63) is 22.6 Å². The van der Waals surface area contributed by atoms with Crippen LogP contribution in [-0.4, -0.2) is 13.1 Å². The van der Waals surface area contributed by atoms with Crippen LogP contribution in [0.15, 0.2) is 21.2 Å². The third-order valence-corrected chi connectivity index (χ3v) is 1.47. The lowest BCUT2D eigenvalue weighted by molar-refractivity contribution is -0.133. The molecule has 12 heavy (non-hydrogen) atoms. The van der Waals surface area contributed by atoms with Gasteiger partial charge >= 0.3 is 5.97 Å². The Labute approximate surface area is 77.8 Å². The molecular weight excluding hydrogens is 224 g/mol. The molecule has 1 aromatic rings. The standard InChI is InChI=1S/C8H5BrO3/c1-11-8(10)5-3-6-2-4-7(9)12-6/h2,4H,1H3. The smallest absolute Gasteiger partial charge is 0.384 e. The minimum Gasteiger partial charge on any atom is -0.459 e. The number of furan rings is 1. The van der Waals surface area contributed by atoms with Crippen molar-refractivity contribution in [3.63, 3.8) is 0 Å². The second kappa shape index (κ2) is 3.98. The van der Waals surface area contributed by atoms with E-state index in [1.165, 1.54) is 7.11 Å². The SMILES string of the molecule is COC(=O)C#Cc1ccc(Br)o1. The molecular formula is C8H5BrO3. The average Bonchev–Trinajstić information content (AvgIpc) is 2.47. The Kier molecular flexibility index (Phi) is 2.94. The zero-order chi connectivity index (χ0) is 8.97. The first-order chi connectivity index (χ1) is 5.72. The lowest BCUT2D eigenvalue weighted by atomic mass is 10.4. The van der Waals surface area contributed by atoms with E-state index in [9.17, 15) is 4.79 Å². The Morgan fingerprint density at radius 3 is 2.92 bits per heavy atom. The van der Waals surface area contributed by atoms with Crippen LogP contribution < -0.4 is 0 Å². The fourth-order valence-electron chi connectivity index (χ4n) is 0.545. The molecule has 0 aliphatic heterocycles. The first-order valence-corrected chi connectivity index (χ1v) is 3.87. The maximum absolute atomic E-state index is 10.5. The summed E-state index contributed by atoms with van der Waals surface area (Å²) in [6.07, 6.45) is 0. The highest BCUT2D eigenvalue weighted by molar-refractivity contribution is 9.10. The van der Waals surface area contributed by atoms with E-state index in [4.69, 9.17) is 4.42 Å². The molecule has 0 bridgehead atoms. The number of methoxy groups -OCH3 is 1. The number of ether oxygens (including phenoxy) is 1. The quantitative estimate of drug-likeness (QED) is 0.500. The van der Waals surface area contributed by atoms with Gasteiger partial charge < -0.3 is 9.15 Å². The van der Waals surface area contributed by atoms with Crippen molar-refractivity contribution in [3.8, 4) is 11.8 Å². The van der Waals surface area contributed by atoms with E-state index in [0.717, 1.165) is 0 Å². The van der Waals surface area contributed by atoms with E-state index in [1.54, 1.807) is 12.1 Å². The number of halogens is 1. The molecule has 1 rings (SSSR count). The van der Waals surface area contributed by atoms with Gasteiger partial charge in [0.25, 0.3) is 0 Å². The second-order valence-corrected chi connectivity index (χ2v) is 2.63. The van der Waals surface area contributed by atoms with Gasteiger partial charge in [-0.2, -0.15) is 0 Å². The van der Waals surface area contributed by atoms with Crippen molar-refractivity contribution in [2.24, 2.45) is 0 Å². The summed E-state index contributed by atoms with van der Waals surface area (Å²) in [6.45, 7) is 0. The van der Waals surface area contributed by atoms with Gasteiger partial charge in [-0.05, 0) is 34.0 Å². The molecule has 0 fully saturated rings. The van der Waals surface area contributed by atoms with Crippen molar-refractivity contribution >= 4 is 21.9 Å². The van der Waals surface area contributed by atoms with Crippen LogP contribution >= 0.6 is 15.9 Å². The summed E-state index contributed by atoms with van der Waals surface area (Å²) in [5.41, 5.74) is 0. The second-order valence-electron chi connectivity index (χ2n) is 1.85. The molecule has 0 N–H and O–H groups in total. The molecule has 1 aromatic heterocycles. The number of esters is 1. The first-order valence-electron chi connectivity index (χ1n) is 3.07. The van der Waals surface area contributed by atoms with Crippen molar-refractivity contribution in [1.82, 2.24) is 0 Å². The molecule has 0 saturated carbocycles. The van der Waals surface area contributed by atoms with Gasteiger partial charge in [-0.3, -0.25) is 0 Å². The monoisotopic (exact) mass is 228 g/mol. The Hall–Kier alpha value is -1.21. The van der Waals surface area contributed by atoms with Crippen LogP contribution in [0.4, 0.5) is 0 Å². The highest BCUT2D eigenvalue weighted by Gasteiger charge is 1.95. The predicted molar refractivity (Wildman–Crippen MR) is 45.3 cm³/mol. The Balaban J connectivity index is 2.73. The summed E-state index contributed by atoms with van der Waals surface area (Å²) >= 11 is 3.11. The van der Waals surface area contributed by atoms with Crippen molar-refractivity contribution in [1.29, 1.82) is 0 Å². The summed E-state index contributed by atoms with van der Waals surface area (Å²) in [6, 6.07) is 3.35. The molecule has 0 radical (unpaired) electrons. The van der Waals surface area contributed by atoms with Crippen molar-refractivity contribution < 1.29 is 13.9 Å². The van der Waals surface area contributed by atoms with E-state index in [-0.39, 0.29) is 0 Å². The molecule has 0 atom stereocenters. The lowest BCUT2D eigenvalue weighted by Gasteiger charge is -1.83. The highest BCUT2D eigenvalue weighted by atomic mass is 79.9. The molecule has 0 aromatic carbocycles. The van der Waals surface area contributed by atoms with Gasteiger partial charge in [-0.1, -0.05) is 0 Å². The largest absolute Gasteiger partial charge is 0.459 e. The van der Waals surface area contributed by atoms with E-state index >= 15 is 0 Å². The van der Waals surface area contributed by atoms with Gasteiger partial charge in [0.05, 0.1) is 7.11 Å². The van der Waals surface area contributed by atoms with Crippen molar-refractivity contribution in [2.75, 3.05) is 7.11 Å². The third-order valence-electron chi connectivity index (χ3n) is 1.05. The number of carbonyl (C=O) groups is 1. The Morgan fingerprint density at radius 1 is 1.67 bits per heavy atom. The molecule has 0 amide bonds. The van der Waals surface area contributed by atoms with Crippen LogP contribution in [0.2, 0.25) is 0 Å². The molecule has 0 aliphatic rings. The normalized spacial score (nSPS) is 8.50. The average molecular weight is 229 g/mol. The number of rotatable bonds is 0. The summed E-state index contributed by atoms with van der Waals surface area (Å²) in [4.78, 5) is 10.5. The first kappa shape index (κ1) is 8.88. The Bertz CT molecular complexity index is 343. The maximum atomic E-state index is 10.5. The molecule has 0 unspecified atom stereocenters. The maximum Gasteiger partial charge on any atom is 0.384 e. The molecule has 1 heterocycles. The van der Waals surface area contributed by atoms with Crippen LogP contribution in [0.5, 0.6) is 0 Å². The van der Waals surface area contributed by atoms with Crippen molar-refractivity contribution in [2.45, 2.75) is 0 Å². The third kappa shape index (κ3) is 2.44. The predicted octanol–water partition coefficient (Wildman–Crippen LogP) is 1.57. The zero-order valence-electron chi connectivity index (χ0n) is 6.26. The van der Waals surface area contributed by atoms with Crippen LogP contribution in [0.3, 0.4) is 0 Å². The topological polar surface area (TPSA) is 39.4 Å². The molecule has 0 saturated heterocycles. The van der Waals surface area contributed by atoms with E-state index in [1.807, 2.05) is 0 Å². The lowest BCUT2D eigenvalue weighted by Crippen LogP contribution is -1.94. The zero-order valence-corrected chi connectivity index (χ0v) is 7.84. The summed E-state index contributed by atoms with van der Waals surface area (Å²) in [7, 11) is 1.27. The minimum absolute atomic E-state index is 0.423. The molecule has 4 heteroatoms. The number of hydrogen-bond donors (Lipinski definition) is 0. The molecule has 0 spiro atoms. The highest BCUT2D eigenvalue weighted by Crippen LogP contribution is 2.12. The van der Waals surface area contributed by atoms with Gasteiger partial charge in [0, 0.05) is 5.92 Å². The van der Waals surface area contributed by atoms with Gasteiger partial charge in [0.2, 0.25) is 0 Å². The Morgan fingerprint density at radius 2 is 2.42 bits per heavy atom. The summed E-state index contributed by atoms with van der Waals surface area (Å²) in [5.74, 6) is 4.57. The van der Waals surface area contributed by atoms with Gasteiger partial charge in [0.1, 0.15) is 0 Å². The molecule has 3 nitrogen and oxygen atoms in total. The van der Waals surface area contributed by atoms with Gasteiger partial charge in [-0.25, -0.2) is 4.79 Å². The van der Waals surface area contributed by atoms with E-state index < -0.39 is 5.97 Å². The van der Waals surface area contributed by atoms with E-state index in [0.29, 0.717) is 10.4 Å². The molecule has 0 aliphatic carbocycles. The van der Waals surface area contributed by atoms with Crippen LogP contribution in [0.1, 0.15) is 5.76 Å². The minimum atomic E-state index is -0.581. The molecule has 62 valence electrons. The number of hydrogen-bond acceptors (Lipinski definition) is 3. The van der Waals surface area contributed by atoms with Gasteiger partial charge in [0.15, 0.2) is 10.4 Å². The summed E-state index contributed by atoms with van der Waals surface area (Å²) in [5, 5.41) is 0. The summed E-state index contributed by atoms with van der Waals surface area (Å²) < 4.78 is 9.91. The van der Waals surface area contributed by atoms with Gasteiger partial charge in [-0.15, -0.1) is 0 Å². The fourth-order valence-corrected chi connectivity index (χ4v) is 0.852. The number of carbonyl (C=O) groups excluding carboxylic acids is 1. The fraction of sp³-hybridized carbons (Fsp3) is 0.125. The van der Waals surface area contributed by atoms with Crippen LogP contribution in [0, 0.1) is 11.8 Å². The van der Waals surface area contributed by atoms with Crippen LogP contribution in [0.25, 0.3) is 0 Å².